The summed E-state index contributed by atoms with van der Waals surface area (Å²) in [6.45, 7) is 9.01. The van der Waals surface area contributed by atoms with Crippen LogP contribution >= 0.6 is 0 Å². The Labute approximate surface area is 132 Å². The molecule has 0 nitrogen and oxygen atoms in total. The van der Waals surface area contributed by atoms with Gasteiger partial charge in [-0.3, -0.25) is 0 Å². The Morgan fingerprint density at radius 1 is 1.24 bits per heavy atom. The summed E-state index contributed by atoms with van der Waals surface area (Å²) in [5.41, 5.74) is 2.93. The minimum Gasteiger partial charge on any atom is -0.0851 e. The Balaban J connectivity index is 1.63. The van der Waals surface area contributed by atoms with Gasteiger partial charge in [0.1, 0.15) is 0 Å². The summed E-state index contributed by atoms with van der Waals surface area (Å²) in [5, 5.41) is 0. The summed E-state index contributed by atoms with van der Waals surface area (Å²) < 4.78 is 0. The molecule has 118 valence electrons. The highest BCUT2D eigenvalue weighted by atomic mass is 14.4. The molecule has 4 unspecified atom stereocenters. The van der Waals surface area contributed by atoms with E-state index in [4.69, 9.17) is 0 Å². The van der Waals surface area contributed by atoms with Gasteiger partial charge in [0.2, 0.25) is 0 Å². The second-order valence-electron chi connectivity index (χ2n) is 7.65. The predicted molar refractivity (Wildman–Crippen MR) is 94.3 cm³/mol. The van der Waals surface area contributed by atoms with Crippen LogP contribution in [0.5, 0.6) is 0 Å². The van der Waals surface area contributed by atoms with Crippen LogP contribution in [0, 0.1) is 23.7 Å². The van der Waals surface area contributed by atoms with Gasteiger partial charge < -0.3 is 0 Å². The van der Waals surface area contributed by atoms with Gasteiger partial charge in [0.05, 0.1) is 0 Å². The molecule has 0 N–H and O–H groups in total. The van der Waals surface area contributed by atoms with E-state index in [1.807, 2.05) is 0 Å². The standard InChI is InChI=1S/C21H34/c1-5-16(2)13-18(4)14-17(3)7-6-8-19-9-11-20-15-21(20)12-10-19/h5,9,11,13,17,19-21H,6-8,10,12,14-15H2,1-4H3. The Bertz CT molecular complexity index is 410. The highest BCUT2D eigenvalue weighted by molar-refractivity contribution is 5.20. The maximum absolute atomic E-state index is 2.54. The molecule has 2 aliphatic carbocycles. The van der Waals surface area contributed by atoms with E-state index in [0.717, 1.165) is 23.7 Å². The average molecular weight is 287 g/mol. The minimum absolute atomic E-state index is 0.828. The van der Waals surface area contributed by atoms with Crippen LogP contribution in [0.4, 0.5) is 0 Å². The van der Waals surface area contributed by atoms with Crippen molar-refractivity contribution in [1.29, 1.82) is 0 Å². The zero-order chi connectivity index (χ0) is 15.2. The van der Waals surface area contributed by atoms with Gasteiger partial charge in [-0.05, 0) is 76.5 Å². The molecular formula is C21H34. The maximum Gasteiger partial charge on any atom is -0.0202 e. The van der Waals surface area contributed by atoms with Crippen molar-refractivity contribution in [3.05, 3.63) is 35.5 Å². The lowest BCUT2D eigenvalue weighted by Gasteiger charge is -2.15. The third-order valence-electron chi connectivity index (χ3n) is 5.39. The lowest BCUT2D eigenvalue weighted by Crippen LogP contribution is -2.00. The van der Waals surface area contributed by atoms with E-state index in [9.17, 15) is 0 Å². The zero-order valence-electron chi connectivity index (χ0n) is 14.6. The van der Waals surface area contributed by atoms with E-state index in [2.05, 4.69) is 52.0 Å². The van der Waals surface area contributed by atoms with Crippen molar-refractivity contribution in [2.45, 2.75) is 72.6 Å². The summed E-state index contributed by atoms with van der Waals surface area (Å²) in [6.07, 6.45) is 19.5. The van der Waals surface area contributed by atoms with E-state index in [1.165, 1.54) is 56.1 Å². The summed E-state index contributed by atoms with van der Waals surface area (Å²) in [4.78, 5) is 0. The normalized spacial score (nSPS) is 30.8. The highest BCUT2D eigenvalue weighted by Gasteiger charge is 2.36. The van der Waals surface area contributed by atoms with Crippen LogP contribution in [-0.4, -0.2) is 0 Å². The molecule has 0 radical (unpaired) electrons. The topological polar surface area (TPSA) is 0 Å². The third kappa shape index (κ3) is 5.85. The molecule has 0 bridgehead atoms. The number of fused-ring (bicyclic) bond motifs is 1. The average Bonchev–Trinajstić information content (AvgIpc) is 3.19. The van der Waals surface area contributed by atoms with Crippen molar-refractivity contribution in [3.8, 4) is 0 Å². The maximum atomic E-state index is 2.54. The molecular weight excluding hydrogens is 252 g/mol. The van der Waals surface area contributed by atoms with Crippen LogP contribution in [-0.2, 0) is 0 Å². The molecule has 1 fully saturated rings. The molecule has 0 aliphatic heterocycles. The van der Waals surface area contributed by atoms with E-state index < -0.39 is 0 Å². The van der Waals surface area contributed by atoms with Crippen LogP contribution in [0.2, 0.25) is 0 Å². The van der Waals surface area contributed by atoms with Gasteiger partial charge in [-0.15, -0.1) is 0 Å². The molecule has 0 aromatic carbocycles. The van der Waals surface area contributed by atoms with Crippen LogP contribution in [0.3, 0.4) is 0 Å². The first-order valence-corrected chi connectivity index (χ1v) is 9.07. The fourth-order valence-corrected chi connectivity index (χ4v) is 3.81. The molecule has 21 heavy (non-hydrogen) atoms. The van der Waals surface area contributed by atoms with E-state index in [0.29, 0.717) is 0 Å². The molecule has 0 saturated heterocycles. The SMILES string of the molecule is CC=C(C)C=C(C)CC(C)CCCC1C=CC2CC2CC1. The molecule has 4 atom stereocenters. The minimum atomic E-state index is 0.828. The molecule has 0 spiro atoms. The van der Waals surface area contributed by atoms with Gasteiger partial charge >= 0.3 is 0 Å². The molecule has 2 rings (SSSR count). The van der Waals surface area contributed by atoms with Gasteiger partial charge in [0, 0.05) is 0 Å². The third-order valence-corrected chi connectivity index (χ3v) is 5.39. The van der Waals surface area contributed by atoms with Crippen molar-refractivity contribution in [2.24, 2.45) is 23.7 Å². The molecule has 0 heterocycles. The van der Waals surface area contributed by atoms with Gasteiger partial charge in [-0.25, -0.2) is 0 Å². The van der Waals surface area contributed by atoms with Crippen LogP contribution in [0.1, 0.15) is 72.6 Å². The molecule has 1 saturated carbocycles. The summed E-state index contributed by atoms with van der Waals surface area (Å²) in [6, 6.07) is 0. The van der Waals surface area contributed by atoms with Crippen molar-refractivity contribution >= 4 is 0 Å². The Morgan fingerprint density at radius 2 is 2.05 bits per heavy atom. The van der Waals surface area contributed by atoms with E-state index >= 15 is 0 Å². The van der Waals surface area contributed by atoms with Gasteiger partial charge in [0.25, 0.3) is 0 Å². The first kappa shape index (κ1) is 16.6. The summed E-state index contributed by atoms with van der Waals surface area (Å²) in [5.74, 6) is 3.74. The van der Waals surface area contributed by atoms with Gasteiger partial charge in [-0.2, -0.15) is 0 Å². The second kappa shape index (κ2) is 8.01. The predicted octanol–water partition coefficient (Wildman–Crippen LogP) is 6.70. The largest absolute Gasteiger partial charge is 0.0851 e. The lowest BCUT2D eigenvalue weighted by atomic mass is 9.91. The van der Waals surface area contributed by atoms with Crippen LogP contribution in [0.15, 0.2) is 35.5 Å². The number of hydrogen-bond acceptors (Lipinski definition) is 0. The monoisotopic (exact) mass is 286 g/mol. The van der Waals surface area contributed by atoms with Crippen molar-refractivity contribution < 1.29 is 0 Å². The highest BCUT2D eigenvalue weighted by Crippen LogP contribution is 2.46. The van der Waals surface area contributed by atoms with Crippen LogP contribution in [0.25, 0.3) is 0 Å². The first-order chi connectivity index (χ1) is 10.1. The smallest absolute Gasteiger partial charge is 0.0202 e. The summed E-state index contributed by atoms with van der Waals surface area (Å²) >= 11 is 0. The molecule has 0 aromatic rings. The fourth-order valence-electron chi connectivity index (χ4n) is 3.81. The quantitative estimate of drug-likeness (QED) is 0.361. The van der Waals surface area contributed by atoms with Crippen LogP contribution < -0.4 is 0 Å². The Morgan fingerprint density at radius 3 is 2.81 bits per heavy atom. The number of rotatable bonds is 7. The zero-order valence-corrected chi connectivity index (χ0v) is 14.6. The van der Waals surface area contributed by atoms with E-state index in [1.54, 1.807) is 0 Å². The molecule has 0 heteroatoms. The lowest BCUT2D eigenvalue weighted by molar-refractivity contribution is 0.436. The molecule has 2 aliphatic rings. The van der Waals surface area contributed by atoms with Crippen molar-refractivity contribution in [1.82, 2.24) is 0 Å². The Hall–Kier alpha value is -0.780. The van der Waals surface area contributed by atoms with Crippen molar-refractivity contribution in [3.63, 3.8) is 0 Å². The fraction of sp³-hybridized carbons (Fsp3) is 0.714. The van der Waals surface area contributed by atoms with E-state index in [-0.39, 0.29) is 0 Å². The molecule has 0 amide bonds. The van der Waals surface area contributed by atoms with Crippen molar-refractivity contribution in [2.75, 3.05) is 0 Å². The number of hydrogen-bond donors (Lipinski definition) is 0. The second-order valence-corrected chi connectivity index (χ2v) is 7.65. The summed E-state index contributed by atoms with van der Waals surface area (Å²) in [7, 11) is 0. The number of allylic oxidation sites excluding steroid dienone is 6. The van der Waals surface area contributed by atoms with Gasteiger partial charge in [-0.1, -0.05) is 55.2 Å². The molecule has 0 aromatic heterocycles. The first-order valence-electron chi connectivity index (χ1n) is 9.07. The van der Waals surface area contributed by atoms with Gasteiger partial charge in [0.15, 0.2) is 0 Å². The Kier molecular flexibility index (Phi) is 6.33.